The molecule has 3 amide bonds. The molecule has 23 nitrogen and oxygen atoms in total. The van der Waals surface area contributed by atoms with Gasteiger partial charge in [-0.3, -0.25) is 19.4 Å². The highest BCUT2D eigenvalue weighted by Crippen LogP contribution is 2.40. The second-order valence-electron chi connectivity index (χ2n) is 18.4. The summed E-state index contributed by atoms with van der Waals surface area (Å²) in [6, 6.07) is 0.247. The molecule has 2 aromatic rings. The third-order valence-corrected chi connectivity index (χ3v) is 13.4. The number of aliphatic hydroxyl groups is 6. The van der Waals surface area contributed by atoms with E-state index in [4.69, 9.17) is 28.8 Å². The average molecular weight is 964 g/mol. The van der Waals surface area contributed by atoms with Crippen molar-refractivity contribution in [2.75, 3.05) is 26.3 Å². The topological polar surface area (TPSA) is 336 Å². The van der Waals surface area contributed by atoms with Crippen LogP contribution < -0.4 is 16.0 Å². The number of carboxylic acids is 1. The Hall–Kier alpha value is -4.27. The molecule has 0 spiro atoms. The van der Waals surface area contributed by atoms with Gasteiger partial charge in [0.15, 0.2) is 18.7 Å². The Kier molecular flexibility index (Phi) is 19.5. The van der Waals surface area contributed by atoms with Crippen molar-refractivity contribution < 1.29 is 78.6 Å². The Morgan fingerprint density at radius 3 is 2.35 bits per heavy atom. The van der Waals surface area contributed by atoms with E-state index < -0.39 is 122 Å². The zero-order valence-corrected chi connectivity index (χ0v) is 38.7. The number of hydrogen-bond donors (Lipinski definition) is 10. The largest absolute Gasteiger partial charge is 0.479 e. The number of carbonyl (C=O) groups is 4. The Morgan fingerprint density at radius 1 is 0.912 bits per heavy atom. The number of nitrogens with zero attached hydrogens (tertiary/aromatic N) is 4. The van der Waals surface area contributed by atoms with Crippen molar-refractivity contribution in [3.63, 3.8) is 0 Å². The smallest absolute Gasteiger partial charge is 0.332 e. The molecule has 8 unspecified atom stereocenters. The molecule has 15 atom stereocenters. The zero-order chi connectivity index (χ0) is 49.1. The lowest BCUT2D eigenvalue weighted by molar-refractivity contribution is -0.338. The Labute approximate surface area is 394 Å². The molecule has 6 rings (SSSR count). The summed E-state index contributed by atoms with van der Waals surface area (Å²) in [5, 5.41) is 89.9. The predicted molar refractivity (Wildman–Crippen MR) is 235 cm³/mol. The lowest BCUT2D eigenvalue weighted by Crippen LogP contribution is -2.67. The van der Waals surface area contributed by atoms with E-state index in [1.165, 1.54) is 30.9 Å². The van der Waals surface area contributed by atoms with Crippen molar-refractivity contribution >= 4 is 23.7 Å². The van der Waals surface area contributed by atoms with Gasteiger partial charge in [-0.2, -0.15) is 0 Å². The lowest BCUT2D eigenvalue weighted by Gasteiger charge is -2.49. The number of carboxylic acid groups (broad SMARTS) is 1. The van der Waals surface area contributed by atoms with Crippen LogP contribution in [-0.2, 0) is 44.5 Å². The van der Waals surface area contributed by atoms with Gasteiger partial charge in [0.1, 0.15) is 42.7 Å². The number of rotatable bonds is 21. The highest BCUT2D eigenvalue weighted by Gasteiger charge is 2.53. The first-order valence-electron chi connectivity index (χ1n) is 23.8. The fourth-order valence-corrected chi connectivity index (χ4v) is 9.66. The molecule has 10 N–H and O–H groups in total. The van der Waals surface area contributed by atoms with Crippen LogP contribution in [0.2, 0.25) is 0 Å². The molecule has 0 radical (unpaired) electrons. The molecule has 2 aromatic heterocycles. The molecular formula is C45H69N7O16. The summed E-state index contributed by atoms with van der Waals surface area (Å²) in [6.07, 6.45) is -5.56. The SMILES string of the molecule is CCC1C[C@H](C(=O)NCCNC(=O)c2cncc(-n3cc(CCCO)nn3)c2)C[C@@H](O[C@@H]2OC(CO)[C@H](O)C(O[C@@H](CC3CCCCC3)C(=O)O)C2NC(C)=O)C1O[C@@H]1OC(C)[C@@H](O)C(O)C1O. The molecule has 0 aromatic carbocycles. The standard InChI is InChI=1S/C45H69N7O16/c1-4-26-16-27(41(60)47-12-13-48-42(61)28-17-30(20-46-19-28)52-21-29(50-51-52)11-8-14-53)18-31(39(26)68-45-38(59)37(58)35(56)23(2)64-45)66-44-34(49-24(3)55)40(36(57)33(22-54)67-44)65-32(43(62)63)15-25-9-6-5-7-10-25/h17,19-21,23,25-27,31-40,44-45,53-54,56-59H,4-16,18,22H2,1-3H3,(H,47,60)(H,48,61)(H,49,55)(H,62,63)/t23?,26?,27-,31+,32-,33?,34?,35+,36-,37?,38?,39?,40?,44+,45-/m0/s1. The molecule has 2 aliphatic carbocycles. The van der Waals surface area contributed by atoms with Gasteiger partial charge in [-0.15, -0.1) is 5.10 Å². The number of amides is 3. The van der Waals surface area contributed by atoms with Crippen molar-refractivity contribution in [2.45, 2.75) is 171 Å². The van der Waals surface area contributed by atoms with Gasteiger partial charge in [0.05, 0.1) is 54.3 Å². The van der Waals surface area contributed by atoms with Crippen molar-refractivity contribution in [1.29, 1.82) is 0 Å². The Balaban J connectivity index is 1.19. The zero-order valence-electron chi connectivity index (χ0n) is 38.7. The normalized spacial score (nSPS) is 32.8. The number of pyridine rings is 1. The molecular weight excluding hydrogens is 895 g/mol. The minimum absolute atomic E-state index is 0.0157. The number of ether oxygens (including phenoxy) is 5. The molecule has 68 heavy (non-hydrogen) atoms. The van der Waals surface area contributed by atoms with Gasteiger partial charge in [-0.25, -0.2) is 9.48 Å². The van der Waals surface area contributed by atoms with Crippen LogP contribution in [0, 0.1) is 17.8 Å². The fraction of sp³-hybridized carbons (Fsp3) is 0.756. The first-order valence-corrected chi connectivity index (χ1v) is 23.8. The van der Waals surface area contributed by atoms with E-state index in [2.05, 4.69) is 31.2 Å². The van der Waals surface area contributed by atoms with Crippen molar-refractivity contribution in [3.8, 4) is 5.69 Å². The van der Waals surface area contributed by atoms with Crippen LogP contribution in [0.3, 0.4) is 0 Å². The highest BCUT2D eigenvalue weighted by atomic mass is 16.7. The monoisotopic (exact) mass is 963 g/mol. The van der Waals surface area contributed by atoms with Gasteiger partial charge < -0.3 is 75.4 Å². The minimum atomic E-state index is -1.69. The van der Waals surface area contributed by atoms with E-state index in [9.17, 15) is 49.8 Å². The molecule has 380 valence electrons. The number of aryl methyl sites for hydroxylation is 1. The molecule has 2 aliphatic heterocycles. The van der Waals surface area contributed by atoms with Gasteiger partial charge >= 0.3 is 5.97 Å². The van der Waals surface area contributed by atoms with Crippen molar-refractivity contribution in [2.24, 2.45) is 17.8 Å². The van der Waals surface area contributed by atoms with Crippen LogP contribution in [0.15, 0.2) is 24.7 Å². The summed E-state index contributed by atoms with van der Waals surface area (Å²) in [6.45, 7) is 3.92. The van der Waals surface area contributed by atoms with E-state index >= 15 is 0 Å². The van der Waals surface area contributed by atoms with E-state index in [-0.39, 0.29) is 50.4 Å². The number of hydrogen-bond acceptors (Lipinski definition) is 18. The second-order valence-corrected chi connectivity index (χ2v) is 18.4. The van der Waals surface area contributed by atoms with E-state index in [1.54, 1.807) is 12.3 Å². The molecule has 23 heteroatoms. The van der Waals surface area contributed by atoms with Crippen LogP contribution in [0.1, 0.15) is 101 Å². The molecule has 2 saturated carbocycles. The summed E-state index contributed by atoms with van der Waals surface area (Å²) >= 11 is 0. The number of aromatic nitrogens is 4. The summed E-state index contributed by atoms with van der Waals surface area (Å²) in [7, 11) is 0. The lowest BCUT2D eigenvalue weighted by atomic mass is 9.75. The summed E-state index contributed by atoms with van der Waals surface area (Å²) in [4.78, 5) is 56.7. The van der Waals surface area contributed by atoms with Gasteiger partial charge in [0.25, 0.3) is 5.91 Å². The third-order valence-electron chi connectivity index (χ3n) is 13.4. The summed E-state index contributed by atoms with van der Waals surface area (Å²) < 4.78 is 32.7. The van der Waals surface area contributed by atoms with Crippen LogP contribution >= 0.6 is 0 Å². The van der Waals surface area contributed by atoms with Crippen LogP contribution in [-0.4, -0.2) is 185 Å². The molecule has 2 saturated heterocycles. The molecule has 0 bridgehead atoms. The van der Waals surface area contributed by atoms with Crippen LogP contribution in [0.5, 0.6) is 0 Å². The van der Waals surface area contributed by atoms with Crippen molar-refractivity contribution in [1.82, 2.24) is 35.9 Å². The highest BCUT2D eigenvalue weighted by molar-refractivity contribution is 5.94. The summed E-state index contributed by atoms with van der Waals surface area (Å²) in [5.41, 5.74) is 1.40. The minimum Gasteiger partial charge on any atom is -0.479 e. The maximum Gasteiger partial charge on any atom is 0.332 e. The molecule has 4 fully saturated rings. The van der Waals surface area contributed by atoms with Gasteiger partial charge in [-0.05, 0) is 56.9 Å². The third kappa shape index (κ3) is 13.5. The number of carbonyl (C=O) groups excluding carboxylic acids is 3. The molecule has 4 aliphatic rings. The average Bonchev–Trinajstić information content (AvgIpc) is 3.81. The quantitative estimate of drug-likeness (QED) is 0.0661. The predicted octanol–water partition coefficient (Wildman–Crippen LogP) is -1.14. The van der Waals surface area contributed by atoms with Crippen LogP contribution in [0.4, 0.5) is 0 Å². The van der Waals surface area contributed by atoms with Crippen LogP contribution in [0.25, 0.3) is 5.69 Å². The summed E-state index contributed by atoms with van der Waals surface area (Å²) in [5.74, 6) is -3.86. The molecule has 4 heterocycles. The number of aliphatic hydroxyl groups excluding tert-OH is 6. The second kappa shape index (κ2) is 25.0. The fourth-order valence-electron chi connectivity index (χ4n) is 9.66. The van der Waals surface area contributed by atoms with E-state index in [0.717, 1.165) is 32.1 Å². The van der Waals surface area contributed by atoms with Crippen molar-refractivity contribution in [3.05, 3.63) is 35.9 Å². The maximum absolute atomic E-state index is 14.0. The number of nitrogens with one attached hydrogen (secondary N) is 3. The number of aliphatic carboxylic acids is 1. The Morgan fingerprint density at radius 2 is 1.66 bits per heavy atom. The van der Waals surface area contributed by atoms with E-state index in [1.807, 2.05) is 6.92 Å². The maximum atomic E-state index is 14.0. The van der Waals surface area contributed by atoms with Gasteiger partial charge in [-0.1, -0.05) is 50.7 Å². The Bertz CT molecular complexity index is 1960. The van der Waals surface area contributed by atoms with E-state index in [0.29, 0.717) is 30.6 Å². The van der Waals surface area contributed by atoms with Gasteiger partial charge in [0.2, 0.25) is 11.8 Å². The first kappa shape index (κ1) is 53.1. The van der Waals surface area contributed by atoms with Gasteiger partial charge in [0, 0.05) is 38.7 Å². The first-order chi connectivity index (χ1) is 32.6.